The SMILES string of the molecule is CC(C)c1ccc(C(C)C)c(C(C)C)c1.CCc1cc(C(C)C)ccc1C(C)C. The van der Waals surface area contributed by atoms with E-state index in [0.717, 1.165) is 6.42 Å². The Balaban J connectivity index is 0.000000291. The van der Waals surface area contributed by atoms with Crippen LogP contribution in [-0.2, 0) is 6.42 Å². The van der Waals surface area contributed by atoms with Gasteiger partial charge in [-0.2, -0.15) is 0 Å². The van der Waals surface area contributed by atoms with E-state index in [9.17, 15) is 0 Å². The van der Waals surface area contributed by atoms with Crippen LogP contribution in [0, 0.1) is 0 Å². The van der Waals surface area contributed by atoms with Crippen molar-refractivity contribution in [2.75, 3.05) is 0 Å². The molecule has 0 amide bonds. The molecule has 2 aromatic carbocycles. The van der Waals surface area contributed by atoms with Gasteiger partial charge >= 0.3 is 0 Å². The Hall–Kier alpha value is -1.56. The molecule has 0 saturated carbocycles. The van der Waals surface area contributed by atoms with E-state index in [4.69, 9.17) is 0 Å². The molecule has 0 unspecified atom stereocenters. The van der Waals surface area contributed by atoms with Gasteiger partial charge in [-0.05, 0) is 69.4 Å². The second-order valence-electron chi connectivity index (χ2n) is 9.97. The fourth-order valence-electron chi connectivity index (χ4n) is 3.83. The Labute approximate surface area is 182 Å². The van der Waals surface area contributed by atoms with E-state index >= 15 is 0 Å². The van der Waals surface area contributed by atoms with Crippen LogP contribution in [0.4, 0.5) is 0 Å². The lowest BCUT2D eigenvalue weighted by atomic mass is 9.87. The summed E-state index contributed by atoms with van der Waals surface area (Å²) in [7, 11) is 0. The van der Waals surface area contributed by atoms with Crippen LogP contribution in [0.25, 0.3) is 0 Å². The summed E-state index contributed by atoms with van der Waals surface area (Å²) in [6.45, 7) is 24.9. The van der Waals surface area contributed by atoms with E-state index in [1.807, 2.05) is 0 Å². The van der Waals surface area contributed by atoms with Gasteiger partial charge in [0.1, 0.15) is 0 Å². The van der Waals surface area contributed by atoms with Gasteiger partial charge in [0, 0.05) is 0 Å². The highest BCUT2D eigenvalue weighted by atomic mass is 14.2. The van der Waals surface area contributed by atoms with E-state index in [2.05, 4.69) is 113 Å². The minimum Gasteiger partial charge on any atom is -0.0613 e. The van der Waals surface area contributed by atoms with Crippen molar-refractivity contribution in [3.63, 3.8) is 0 Å². The van der Waals surface area contributed by atoms with Gasteiger partial charge in [-0.25, -0.2) is 0 Å². The van der Waals surface area contributed by atoms with Gasteiger partial charge < -0.3 is 0 Å². The van der Waals surface area contributed by atoms with Gasteiger partial charge in [0.05, 0.1) is 0 Å². The number of hydrogen-bond acceptors (Lipinski definition) is 0. The first-order chi connectivity index (χ1) is 13.5. The first kappa shape index (κ1) is 25.5. The summed E-state index contributed by atoms with van der Waals surface area (Å²) >= 11 is 0. The minimum atomic E-state index is 0.626. The van der Waals surface area contributed by atoms with Gasteiger partial charge in [0.15, 0.2) is 0 Å². The number of benzene rings is 2. The van der Waals surface area contributed by atoms with E-state index in [1.54, 1.807) is 0 Å². The molecule has 29 heavy (non-hydrogen) atoms. The van der Waals surface area contributed by atoms with Crippen molar-refractivity contribution in [2.45, 2.75) is 112 Å². The van der Waals surface area contributed by atoms with E-state index in [-0.39, 0.29) is 0 Å². The number of aryl methyl sites for hydroxylation is 1. The molecule has 162 valence electrons. The van der Waals surface area contributed by atoms with Crippen LogP contribution < -0.4 is 0 Å². The highest BCUT2D eigenvalue weighted by Gasteiger charge is 2.11. The van der Waals surface area contributed by atoms with Crippen molar-refractivity contribution in [1.82, 2.24) is 0 Å². The van der Waals surface area contributed by atoms with Crippen molar-refractivity contribution >= 4 is 0 Å². The molecule has 0 aliphatic carbocycles. The summed E-state index contributed by atoms with van der Waals surface area (Å²) in [5.41, 5.74) is 8.99. The summed E-state index contributed by atoms with van der Waals surface area (Å²) in [6.07, 6.45) is 1.15. The molecule has 2 aromatic rings. The van der Waals surface area contributed by atoms with Crippen molar-refractivity contribution in [3.05, 3.63) is 69.8 Å². The Kier molecular flexibility index (Phi) is 10.2. The standard InChI is InChI=1S/C15H24.C14H22/c1-10(2)13-7-8-14(11(3)4)15(9-13)12(5)6;1-6-12-9-13(10(2)3)7-8-14(12)11(4)5/h7-12H,1-6H3;7-11H,6H2,1-5H3. The quantitative estimate of drug-likeness (QED) is 0.457. The third-order valence-electron chi connectivity index (χ3n) is 5.86. The van der Waals surface area contributed by atoms with Crippen LogP contribution in [-0.4, -0.2) is 0 Å². The van der Waals surface area contributed by atoms with Crippen LogP contribution >= 0.6 is 0 Å². The normalized spacial score (nSPS) is 11.6. The monoisotopic (exact) mass is 394 g/mol. The zero-order valence-electron chi connectivity index (χ0n) is 21.1. The molecule has 0 heterocycles. The molecule has 0 atom stereocenters. The van der Waals surface area contributed by atoms with Gasteiger partial charge in [-0.1, -0.05) is 113 Å². The van der Waals surface area contributed by atoms with Crippen molar-refractivity contribution < 1.29 is 0 Å². The highest BCUT2D eigenvalue weighted by Crippen LogP contribution is 2.29. The molecular weight excluding hydrogens is 348 g/mol. The topological polar surface area (TPSA) is 0 Å². The molecular formula is C29H46. The van der Waals surface area contributed by atoms with E-state index in [1.165, 1.54) is 33.4 Å². The molecule has 0 spiro atoms. The van der Waals surface area contributed by atoms with Crippen LogP contribution in [0.15, 0.2) is 36.4 Å². The summed E-state index contributed by atoms with van der Waals surface area (Å²) < 4.78 is 0. The maximum absolute atomic E-state index is 2.39. The average Bonchev–Trinajstić information content (AvgIpc) is 2.66. The Morgan fingerprint density at radius 1 is 0.483 bits per heavy atom. The third-order valence-corrected chi connectivity index (χ3v) is 5.86. The molecule has 0 heteroatoms. The van der Waals surface area contributed by atoms with Crippen LogP contribution in [0.2, 0.25) is 0 Å². The highest BCUT2D eigenvalue weighted by molar-refractivity contribution is 5.37. The van der Waals surface area contributed by atoms with Crippen molar-refractivity contribution in [2.24, 2.45) is 0 Å². The molecule has 0 N–H and O–H groups in total. The molecule has 0 fully saturated rings. The molecule has 0 nitrogen and oxygen atoms in total. The first-order valence-corrected chi connectivity index (χ1v) is 11.8. The summed E-state index contributed by atoms with van der Waals surface area (Å²) in [6, 6.07) is 13.9. The number of rotatable bonds is 6. The zero-order valence-corrected chi connectivity index (χ0v) is 21.1. The van der Waals surface area contributed by atoms with E-state index < -0.39 is 0 Å². The van der Waals surface area contributed by atoms with Gasteiger partial charge in [0.2, 0.25) is 0 Å². The van der Waals surface area contributed by atoms with E-state index in [0.29, 0.717) is 29.6 Å². The molecule has 0 saturated heterocycles. The molecule has 2 rings (SSSR count). The van der Waals surface area contributed by atoms with Gasteiger partial charge in [-0.15, -0.1) is 0 Å². The second-order valence-corrected chi connectivity index (χ2v) is 9.97. The van der Waals surface area contributed by atoms with Crippen LogP contribution in [0.1, 0.15) is 139 Å². The average molecular weight is 395 g/mol. The molecule has 0 radical (unpaired) electrons. The molecule has 0 aromatic heterocycles. The van der Waals surface area contributed by atoms with Crippen LogP contribution in [0.3, 0.4) is 0 Å². The van der Waals surface area contributed by atoms with Gasteiger partial charge in [-0.3, -0.25) is 0 Å². The first-order valence-electron chi connectivity index (χ1n) is 11.8. The largest absolute Gasteiger partial charge is 0.0613 e. The minimum absolute atomic E-state index is 0.626. The molecule has 0 aliphatic heterocycles. The number of hydrogen-bond donors (Lipinski definition) is 0. The van der Waals surface area contributed by atoms with Crippen LogP contribution in [0.5, 0.6) is 0 Å². The second kappa shape index (κ2) is 11.6. The molecule has 0 bridgehead atoms. The fraction of sp³-hybridized carbons (Fsp3) is 0.586. The lowest BCUT2D eigenvalue weighted by molar-refractivity contribution is 0.778. The predicted molar refractivity (Wildman–Crippen MR) is 133 cm³/mol. The Morgan fingerprint density at radius 3 is 1.28 bits per heavy atom. The molecule has 0 aliphatic rings. The van der Waals surface area contributed by atoms with Gasteiger partial charge in [0.25, 0.3) is 0 Å². The lowest BCUT2D eigenvalue weighted by Crippen LogP contribution is -2.00. The maximum atomic E-state index is 2.39. The summed E-state index contributed by atoms with van der Waals surface area (Å²) in [5, 5.41) is 0. The third kappa shape index (κ3) is 7.32. The summed E-state index contributed by atoms with van der Waals surface area (Å²) in [4.78, 5) is 0. The van der Waals surface area contributed by atoms with Crippen molar-refractivity contribution in [3.8, 4) is 0 Å². The Morgan fingerprint density at radius 2 is 0.897 bits per heavy atom. The predicted octanol–water partition coefficient (Wildman–Crippen LogP) is 9.55. The fourth-order valence-corrected chi connectivity index (χ4v) is 3.83. The zero-order chi connectivity index (χ0) is 22.3. The maximum Gasteiger partial charge on any atom is -0.0216 e. The Bertz CT molecular complexity index is 745. The lowest BCUT2D eigenvalue weighted by Gasteiger charge is -2.18. The smallest absolute Gasteiger partial charge is 0.0216 e. The summed E-state index contributed by atoms with van der Waals surface area (Å²) in [5.74, 6) is 3.17. The van der Waals surface area contributed by atoms with Crippen molar-refractivity contribution in [1.29, 1.82) is 0 Å².